The lowest BCUT2D eigenvalue weighted by Crippen LogP contribution is -2.44. The van der Waals surface area contributed by atoms with Crippen molar-refractivity contribution in [3.8, 4) is 0 Å². The van der Waals surface area contributed by atoms with Crippen LogP contribution in [0.25, 0.3) is 0 Å². The number of nitrogens with one attached hydrogen (secondary N) is 1. The average Bonchev–Trinajstić information content (AvgIpc) is 2.62. The van der Waals surface area contributed by atoms with Crippen molar-refractivity contribution in [2.45, 2.75) is 44.5 Å². The maximum atomic E-state index is 3.50. The maximum absolute atomic E-state index is 3.50. The third-order valence-corrected chi connectivity index (χ3v) is 4.55. The molecule has 0 amide bonds. The number of likely N-dealkylation sites (N-methyl/N-ethyl adjacent to an activating group) is 1. The van der Waals surface area contributed by atoms with Gasteiger partial charge in [0.15, 0.2) is 0 Å². The Morgan fingerprint density at radius 1 is 1.33 bits per heavy atom. The number of rotatable bonds is 5. The molecule has 0 aliphatic carbocycles. The van der Waals surface area contributed by atoms with E-state index in [1.807, 2.05) is 11.8 Å². The molecule has 3 atom stereocenters. The van der Waals surface area contributed by atoms with Crippen LogP contribution in [0.2, 0.25) is 0 Å². The summed E-state index contributed by atoms with van der Waals surface area (Å²) in [6, 6.07) is 1.42. The molecule has 1 aliphatic rings. The van der Waals surface area contributed by atoms with Gasteiger partial charge in [0, 0.05) is 30.4 Å². The molecular weight excluding hydrogens is 204 g/mol. The number of hydrogen-bond acceptors (Lipinski definition) is 3. The Hall–Kier alpha value is 0.270. The quantitative estimate of drug-likeness (QED) is 0.778. The van der Waals surface area contributed by atoms with Crippen LogP contribution in [-0.2, 0) is 0 Å². The van der Waals surface area contributed by atoms with Gasteiger partial charge in [-0.25, -0.2) is 0 Å². The van der Waals surface area contributed by atoms with Crippen LogP contribution in [0.5, 0.6) is 0 Å². The molecule has 0 aromatic rings. The highest BCUT2D eigenvalue weighted by molar-refractivity contribution is 7.99. The van der Waals surface area contributed by atoms with E-state index in [1.54, 1.807) is 0 Å². The lowest BCUT2D eigenvalue weighted by molar-refractivity contribution is 0.177. The smallest absolute Gasteiger partial charge is 0.0351 e. The van der Waals surface area contributed by atoms with E-state index in [9.17, 15) is 0 Å². The minimum absolute atomic E-state index is 0.699. The molecule has 0 spiro atoms. The Morgan fingerprint density at radius 2 is 2.00 bits per heavy atom. The Balaban J connectivity index is 2.47. The zero-order chi connectivity index (χ0) is 11.4. The molecule has 0 bridgehead atoms. The van der Waals surface area contributed by atoms with Crippen LogP contribution in [0.15, 0.2) is 0 Å². The lowest BCUT2D eigenvalue weighted by Gasteiger charge is -2.34. The number of hydrogen-bond donors (Lipinski definition) is 1. The Morgan fingerprint density at radius 3 is 2.53 bits per heavy atom. The fraction of sp³-hybridized carbons (Fsp3) is 1.00. The summed E-state index contributed by atoms with van der Waals surface area (Å²) in [5, 5.41) is 4.27. The fourth-order valence-electron chi connectivity index (χ4n) is 2.46. The summed E-state index contributed by atoms with van der Waals surface area (Å²) < 4.78 is 0. The van der Waals surface area contributed by atoms with Crippen molar-refractivity contribution < 1.29 is 0 Å². The van der Waals surface area contributed by atoms with Gasteiger partial charge in [0.25, 0.3) is 0 Å². The van der Waals surface area contributed by atoms with Gasteiger partial charge in [-0.1, -0.05) is 13.8 Å². The topological polar surface area (TPSA) is 15.3 Å². The molecule has 15 heavy (non-hydrogen) atoms. The molecule has 2 nitrogen and oxygen atoms in total. The van der Waals surface area contributed by atoms with Crippen molar-refractivity contribution >= 4 is 11.8 Å². The molecule has 90 valence electrons. The summed E-state index contributed by atoms with van der Waals surface area (Å²) in [5.41, 5.74) is 0. The molecule has 0 saturated carbocycles. The Labute approximate surface area is 99.2 Å². The Kier molecular flexibility index (Phi) is 5.44. The van der Waals surface area contributed by atoms with E-state index in [0.717, 1.165) is 17.7 Å². The first-order valence-electron chi connectivity index (χ1n) is 6.01. The van der Waals surface area contributed by atoms with Crippen molar-refractivity contribution in [3.05, 3.63) is 0 Å². The molecule has 0 aromatic heterocycles. The summed E-state index contributed by atoms with van der Waals surface area (Å²) in [7, 11) is 2.29. The largest absolute Gasteiger partial charge is 0.314 e. The molecule has 1 saturated heterocycles. The van der Waals surface area contributed by atoms with E-state index in [-0.39, 0.29) is 0 Å². The SMILES string of the molecule is CSC1CNCC1N(C)C(C)CC(C)C. The molecule has 1 N–H and O–H groups in total. The zero-order valence-corrected chi connectivity index (χ0v) is 11.6. The van der Waals surface area contributed by atoms with Crippen molar-refractivity contribution in [3.63, 3.8) is 0 Å². The molecule has 1 heterocycles. The summed E-state index contributed by atoms with van der Waals surface area (Å²) in [4.78, 5) is 2.57. The average molecular weight is 230 g/mol. The van der Waals surface area contributed by atoms with E-state index in [4.69, 9.17) is 0 Å². The van der Waals surface area contributed by atoms with Crippen molar-refractivity contribution in [2.75, 3.05) is 26.4 Å². The van der Waals surface area contributed by atoms with Crippen LogP contribution >= 0.6 is 11.8 Å². The predicted octanol–water partition coefficient (Wildman–Crippen LogP) is 2.06. The third kappa shape index (κ3) is 3.65. The van der Waals surface area contributed by atoms with Crippen LogP contribution in [-0.4, -0.2) is 48.6 Å². The second-order valence-corrected chi connectivity index (χ2v) is 6.22. The van der Waals surface area contributed by atoms with Gasteiger partial charge >= 0.3 is 0 Å². The van der Waals surface area contributed by atoms with Gasteiger partial charge in [-0.3, -0.25) is 4.90 Å². The van der Waals surface area contributed by atoms with Gasteiger partial charge < -0.3 is 5.32 Å². The summed E-state index contributed by atoms with van der Waals surface area (Å²) in [6.07, 6.45) is 3.53. The second-order valence-electron chi connectivity index (χ2n) is 5.14. The van der Waals surface area contributed by atoms with Gasteiger partial charge in [0.2, 0.25) is 0 Å². The van der Waals surface area contributed by atoms with Crippen molar-refractivity contribution in [2.24, 2.45) is 5.92 Å². The second kappa shape index (κ2) is 6.12. The fourth-order valence-corrected chi connectivity index (χ4v) is 3.35. The van der Waals surface area contributed by atoms with Crippen molar-refractivity contribution in [1.82, 2.24) is 10.2 Å². The van der Waals surface area contributed by atoms with Crippen LogP contribution in [0.3, 0.4) is 0 Å². The monoisotopic (exact) mass is 230 g/mol. The first-order chi connectivity index (χ1) is 7.06. The van der Waals surface area contributed by atoms with Crippen LogP contribution in [0, 0.1) is 5.92 Å². The number of thioether (sulfide) groups is 1. The summed E-state index contributed by atoms with van der Waals surface area (Å²) >= 11 is 2.00. The zero-order valence-electron chi connectivity index (χ0n) is 10.8. The molecule has 0 radical (unpaired) electrons. The maximum Gasteiger partial charge on any atom is 0.0351 e. The molecule has 1 rings (SSSR count). The normalized spacial score (nSPS) is 29.0. The lowest BCUT2D eigenvalue weighted by atomic mass is 10.0. The molecule has 1 fully saturated rings. The van der Waals surface area contributed by atoms with Gasteiger partial charge in [-0.05, 0) is 32.6 Å². The van der Waals surface area contributed by atoms with E-state index >= 15 is 0 Å². The standard InChI is InChI=1S/C12H26N2S/c1-9(2)6-10(3)14(4)11-7-13-8-12(11)15-5/h9-13H,6-8H2,1-5H3. The van der Waals surface area contributed by atoms with E-state index in [0.29, 0.717) is 12.1 Å². The molecule has 0 aromatic carbocycles. The highest BCUT2D eigenvalue weighted by Crippen LogP contribution is 2.22. The van der Waals surface area contributed by atoms with Gasteiger partial charge in [0.1, 0.15) is 0 Å². The minimum atomic E-state index is 0.699. The summed E-state index contributed by atoms with van der Waals surface area (Å²) in [5.74, 6) is 0.796. The highest BCUT2D eigenvalue weighted by Gasteiger charge is 2.31. The first-order valence-corrected chi connectivity index (χ1v) is 7.30. The van der Waals surface area contributed by atoms with Crippen molar-refractivity contribution in [1.29, 1.82) is 0 Å². The number of nitrogens with zero attached hydrogens (tertiary/aromatic N) is 1. The van der Waals surface area contributed by atoms with Crippen LogP contribution in [0.4, 0.5) is 0 Å². The first kappa shape index (κ1) is 13.3. The van der Waals surface area contributed by atoms with E-state index in [1.165, 1.54) is 13.0 Å². The predicted molar refractivity (Wildman–Crippen MR) is 70.6 cm³/mol. The van der Waals surface area contributed by atoms with Gasteiger partial charge in [-0.2, -0.15) is 11.8 Å². The Bertz CT molecular complexity index is 184. The molecule has 3 heteroatoms. The van der Waals surface area contributed by atoms with Crippen LogP contribution < -0.4 is 5.32 Å². The van der Waals surface area contributed by atoms with Crippen LogP contribution in [0.1, 0.15) is 27.2 Å². The highest BCUT2D eigenvalue weighted by atomic mass is 32.2. The third-order valence-electron chi connectivity index (χ3n) is 3.46. The van der Waals surface area contributed by atoms with E-state index in [2.05, 4.69) is 44.3 Å². The van der Waals surface area contributed by atoms with Gasteiger partial charge in [0.05, 0.1) is 0 Å². The molecule has 3 unspecified atom stereocenters. The molecular formula is C12H26N2S. The van der Waals surface area contributed by atoms with E-state index < -0.39 is 0 Å². The van der Waals surface area contributed by atoms with Gasteiger partial charge in [-0.15, -0.1) is 0 Å². The minimum Gasteiger partial charge on any atom is -0.314 e. The summed E-state index contributed by atoms with van der Waals surface area (Å²) in [6.45, 7) is 9.30. The molecule has 1 aliphatic heterocycles.